The Balaban J connectivity index is 0.00000400. The fourth-order valence-electron chi connectivity index (χ4n) is 1.70. The van der Waals surface area contributed by atoms with Gasteiger partial charge in [-0.25, -0.2) is 0 Å². The second-order valence-electron chi connectivity index (χ2n) is 4.84. The molecule has 8 heteroatoms. The first-order chi connectivity index (χ1) is 9.33. The van der Waals surface area contributed by atoms with Gasteiger partial charge in [-0.3, -0.25) is 19.9 Å². The quantitative estimate of drug-likeness (QED) is 0.615. The molecule has 1 aromatic heterocycles. The summed E-state index contributed by atoms with van der Waals surface area (Å²) < 4.78 is 0. The molecule has 1 heterocycles. The number of rotatable bonds is 6. The van der Waals surface area contributed by atoms with Crippen molar-refractivity contribution >= 4 is 24.0 Å². The van der Waals surface area contributed by atoms with Crippen LogP contribution in [-0.2, 0) is 0 Å². The Morgan fingerprint density at radius 1 is 1.48 bits per heavy atom. The third-order valence-corrected chi connectivity index (χ3v) is 3.54. The molecule has 1 amide bonds. The van der Waals surface area contributed by atoms with Crippen molar-refractivity contribution in [3.05, 3.63) is 33.6 Å². The molecular formula is C13H21ClN4O3. The molecule has 3 N–H and O–H groups in total. The molecule has 0 aliphatic rings. The Morgan fingerprint density at radius 3 is 2.52 bits per heavy atom. The SMILES string of the molecule is CCC(N)(CC)CNC(=O)c1cc([N+](=O)[O-])cnc1C.Cl. The molecule has 0 aliphatic carbocycles. The maximum absolute atomic E-state index is 12.1. The van der Waals surface area contributed by atoms with Crippen molar-refractivity contribution in [3.8, 4) is 0 Å². The second kappa shape index (κ2) is 7.90. The molecule has 0 spiro atoms. The standard InChI is InChI=1S/C13H20N4O3.ClH/c1-4-13(14,5-2)8-16-12(18)11-6-10(17(19)20)7-15-9(11)3;/h6-7H,4-5,8,14H2,1-3H3,(H,16,18);1H. The van der Waals surface area contributed by atoms with E-state index in [0.717, 1.165) is 19.0 Å². The zero-order chi connectivity index (χ0) is 15.3. The fraction of sp³-hybridized carbons (Fsp3) is 0.538. The molecule has 0 saturated carbocycles. The van der Waals surface area contributed by atoms with Crippen LogP contribution in [-0.4, -0.2) is 27.9 Å². The minimum Gasteiger partial charge on any atom is -0.350 e. The summed E-state index contributed by atoms with van der Waals surface area (Å²) in [4.78, 5) is 26.1. The van der Waals surface area contributed by atoms with Crippen LogP contribution in [0.3, 0.4) is 0 Å². The molecule has 0 aliphatic heterocycles. The smallest absolute Gasteiger partial charge is 0.288 e. The van der Waals surface area contributed by atoms with E-state index in [-0.39, 0.29) is 23.7 Å². The van der Waals surface area contributed by atoms with Crippen LogP contribution in [0.2, 0.25) is 0 Å². The lowest BCUT2D eigenvalue weighted by molar-refractivity contribution is -0.385. The monoisotopic (exact) mass is 316 g/mol. The number of amides is 1. The number of aryl methyl sites for hydroxylation is 1. The van der Waals surface area contributed by atoms with Crippen molar-refractivity contribution in [2.75, 3.05) is 6.54 Å². The Bertz CT molecular complexity index is 518. The number of carbonyl (C=O) groups excluding carboxylic acids is 1. The molecule has 0 atom stereocenters. The summed E-state index contributed by atoms with van der Waals surface area (Å²) >= 11 is 0. The molecule has 0 saturated heterocycles. The van der Waals surface area contributed by atoms with Gasteiger partial charge < -0.3 is 11.1 Å². The third-order valence-electron chi connectivity index (χ3n) is 3.54. The number of aromatic nitrogens is 1. The van der Waals surface area contributed by atoms with E-state index >= 15 is 0 Å². The van der Waals surface area contributed by atoms with Crippen LogP contribution in [0.25, 0.3) is 0 Å². The van der Waals surface area contributed by atoms with Gasteiger partial charge in [0, 0.05) is 18.2 Å². The van der Waals surface area contributed by atoms with Crippen LogP contribution in [0.1, 0.15) is 42.7 Å². The molecule has 7 nitrogen and oxygen atoms in total. The molecule has 0 fully saturated rings. The largest absolute Gasteiger partial charge is 0.350 e. The van der Waals surface area contributed by atoms with Crippen molar-refractivity contribution < 1.29 is 9.72 Å². The molecule has 0 aromatic carbocycles. The van der Waals surface area contributed by atoms with Crippen molar-refractivity contribution in [1.82, 2.24) is 10.3 Å². The highest BCUT2D eigenvalue weighted by Crippen LogP contribution is 2.15. The van der Waals surface area contributed by atoms with Crippen molar-refractivity contribution in [3.63, 3.8) is 0 Å². The van der Waals surface area contributed by atoms with E-state index in [2.05, 4.69) is 10.3 Å². The number of nitrogens with one attached hydrogen (secondary N) is 1. The number of hydrogen-bond acceptors (Lipinski definition) is 5. The first kappa shape index (κ1) is 19.3. The van der Waals surface area contributed by atoms with E-state index < -0.39 is 16.4 Å². The zero-order valence-corrected chi connectivity index (χ0v) is 13.2. The van der Waals surface area contributed by atoms with Crippen LogP contribution in [0.15, 0.2) is 12.3 Å². The summed E-state index contributed by atoms with van der Waals surface area (Å²) in [7, 11) is 0. The lowest BCUT2D eigenvalue weighted by Crippen LogP contribution is -2.49. The number of carbonyl (C=O) groups is 1. The van der Waals surface area contributed by atoms with Gasteiger partial charge in [-0.15, -0.1) is 12.4 Å². The molecule has 1 rings (SSSR count). The van der Waals surface area contributed by atoms with Gasteiger partial charge in [-0.2, -0.15) is 0 Å². The topological polar surface area (TPSA) is 111 Å². The third kappa shape index (κ3) is 4.95. The Morgan fingerprint density at radius 2 is 2.05 bits per heavy atom. The van der Waals surface area contributed by atoms with Gasteiger partial charge in [0.1, 0.15) is 6.20 Å². The molecule has 21 heavy (non-hydrogen) atoms. The minimum atomic E-state index is -0.575. The van der Waals surface area contributed by atoms with Crippen LogP contribution >= 0.6 is 12.4 Å². The van der Waals surface area contributed by atoms with Crippen molar-refractivity contribution in [2.24, 2.45) is 5.73 Å². The summed E-state index contributed by atoms with van der Waals surface area (Å²) in [5.74, 6) is -0.393. The predicted octanol–water partition coefficient (Wildman–Crippen LogP) is 1.97. The maximum Gasteiger partial charge on any atom is 0.288 e. The average molecular weight is 317 g/mol. The number of pyridine rings is 1. The van der Waals surface area contributed by atoms with Crippen LogP contribution in [0.5, 0.6) is 0 Å². The molecular weight excluding hydrogens is 296 g/mol. The van der Waals surface area contributed by atoms with Gasteiger partial charge in [0.15, 0.2) is 0 Å². The molecule has 0 unspecified atom stereocenters. The summed E-state index contributed by atoms with van der Waals surface area (Å²) in [5.41, 5.74) is 6.09. The summed E-state index contributed by atoms with van der Waals surface area (Å²) in [6.07, 6.45) is 2.60. The highest BCUT2D eigenvalue weighted by molar-refractivity contribution is 5.95. The first-order valence-electron chi connectivity index (χ1n) is 6.51. The molecule has 118 valence electrons. The number of halogens is 1. The summed E-state index contributed by atoms with van der Waals surface area (Å²) in [6.45, 7) is 5.86. The van der Waals surface area contributed by atoms with E-state index in [0.29, 0.717) is 12.2 Å². The number of nitro groups is 1. The van der Waals surface area contributed by atoms with Gasteiger partial charge in [-0.1, -0.05) is 13.8 Å². The van der Waals surface area contributed by atoms with E-state index in [1.807, 2.05) is 13.8 Å². The number of nitrogens with two attached hydrogens (primary N) is 1. The van der Waals surface area contributed by atoms with Crippen LogP contribution in [0, 0.1) is 17.0 Å². The van der Waals surface area contributed by atoms with Crippen molar-refractivity contribution in [2.45, 2.75) is 39.2 Å². The van der Waals surface area contributed by atoms with Gasteiger partial charge in [0.25, 0.3) is 11.6 Å². The highest BCUT2D eigenvalue weighted by atomic mass is 35.5. The van der Waals surface area contributed by atoms with Gasteiger partial charge in [0.2, 0.25) is 0 Å². The number of hydrogen-bond donors (Lipinski definition) is 2. The Labute approximate surface area is 129 Å². The fourth-order valence-corrected chi connectivity index (χ4v) is 1.70. The maximum atomic E-state index is 12.1. The van der Waals surface area contributed by atoms with Crippen LogP contribution < -0.4 is 11.1 Å². The first-order valence-corrected chi connectivity index (χ1v) is 6.51. The summed E-state index contributed by atoms with van der Waals surface area (Å²) in [6, 6.07) is 1.23. The lowest BCUT2D eigenvalue weighted by atomic mass is 9.94. The normalized spacial score (nSPS) is 10.7. The summed E-state index contributed by atoms with van der Waals surface area (Å²) in [5, 5.41) is 13.4. The van der Waals surface area contributed by atoms with E-state index in [9.17, 15) is 14.9 Å². The van der Waals surface area contributed by atoms with E-state index in [1.165, 1.54) is 6.07 Å². The van der Waals surface area contributed by atoms with E-state index in [1.54, 1.807) is 6.92 Å². The van der Waals surface area contributed by atoms with Gasteiger partial charge in [0.05, 0.1) is 16.2 Å². The molecule has 1 aromatic rings. The zero-order valence-electron chi connectivity index (χ0n) is 12.4. The minimum absolute atomic E-state index is 0. The Kier molecular flexibility index (Phi) is 7.25. The number of nitrogens with zero attached hydrogens (tertiary/aromatic N) is 2. The van der Waals surface area contributed by atoms with Crippen LogP contribution in [0.4, 0.5) is 5.69 Å². The average Bonchev–Trinajstić information content (AvgIpc) is 2.44. The van der Waals surface area contributed by atoms with Gasteiger partial charge >= 0.3 is 0 Å². The Hall–Kier alpha value is -1.73. The van der Waals surface area contributed by atoms with E-state index in [4.69, 9.17) is 5.73 Å². The highest BCUT2D eigenvalue weighted by Gasteiger charge is 2.22. The van der Waals surface area contributed by atoms with Gasteiger partial charge in [-0.05, 0) is 19.8 Å². The second-order valence-corrected chi connectivity index (χ2v) is 4.84. The molecule has 0 bridgehead atoms. The molecule has 0 radical (unpaired) electrons. The van der Waals surface area contributed by atoms with Crippen molar-refractivity contribution in [1.29, 1.82) is 0 Å². The predicted molar refractivity (Wildman–Crippen MR) is 82.7 cm³/mol. The lowest BCUT2D eigenvalue weighted by Gasteiger charge is -2.26.